The van der Waals surface area contributed by atoms with Gasteiger partial charge in [0.15, 0.2) is 0 Å². The van der Waals surface area contributed by atoms with Crippen molar-refractivity contribution < 1.29 is 8.78 Å². The zero-order valence-electron chi connectivity index (χ0n) is 8.11. The SMILES string of the molecule is C=C(C)CCNc1c(F)cccc1F. The van der Waals surface area contributed by atoms with E-state index in [1.54, 1.807) is 0 Å². The van der Waals surface area contributed by atoms with Crippen LogP contribution in [0.1, 0.15) is 13.3 Å². The van der Waals surface area contributed by atoms with Gasteiger partial charge in [-0.3, -0.25) is 0 Å². The third-order valence-electron chi connectivity index (χ3n) is 1.82. The number of anilines is 1. The summed E-state index contributed by atoms with van der Waals surface area (Å²) in [6.45, 7) is 6.07. The summed E-state index contributed by atoms with van der Waals surface area (Å²) in [4.78, 5) is 0. The molecular weight excluding hydrogens is 184 g/mol. The van der Waals surface area contributed by atoms with Crippen LogP contribution in [0, 0.1) is 11.6 Å². The molecule has 0 unspecified atom stereocenters. The summed E-state index contributed by atoms with van der Waals surface area (Å²) in [6, 6.07) is 3.80. The molecule has 0 aliphatic heterocycles. The van der Waals surface area contributed by atoms with E-state index < -0.39 is 11.6 Å². The number of hydrogen-bond donors (Lipinski definition) is 1. The van der Waals surface area contributed by atoms with E-state index in [-0.39, 0.29) is 5.69 Å². The van der Waals surface area contributed by atoms with Gasteiger partial charge in [0.05, 0.1) is 0 Å². The van der Waals surface area contributed by atoms with Crippen LogP contribution in [0.5, 0.6) is 0 Å². The van der Waals surface area contributed by atoms with Gasteiger partial charge in [-0.2, -0.15) is 0 Å². The predicted octanol–water partition coefficient (Wildman–Crippen LogP) is 3.34. The molecule has 1 aromatic rings. The van der Waals surface area contributed by atoms with Crippen molar-refractivity contribution in [1.29, 1.82) is 0 Å². The Hall–Kier alpha value is -1.38. The number of benzene rings is 1. The van der Waals surface area contributed by atoms with E-state index in [1.165, 1.54) is 18.2 Å². The summed E-state index contributed by atoms with van der Waals surface area (Å²) in [7, 11) is 0. The largest absolute Gasteiger partial charge is 0.380 e. The third-order valence-corrected chi connectivity index (χ3v) is 1.82. The molecule has 0 aliphatic carbocycles. The molecule has 76 valence electrons. The lowest BCUT2D eigenvalue weighted by molar-refractivity contribution is 0.588. The second-order valence-electron chi connectivity index (χ2n) is 3.23. The van der Waals surface area contributed by atoms with Crippen LogP contribution < -0.4 is 5.32 Å². The van der Waals surface area contributed by atoms with Crippen molar-refractivity contribution in [3.05, 3.63) is 42.0 Å². The van der Waals surface area contributed by atoms with Crippen molar-refractivity contribution in [2.75, 3.05) is 11.9 Å². The first-order chi connectivity index (χ1) is 6.61. The molecule has 0 fully saturated rings. The first kappa shape index (κ1) is 10.7. The summed E-state index contributed by atoms with van der Waals surface area (Å²) in [6.07, 6.45) is 0.702. The summed E-state index contributed by atoms with van der Waals surface area (Å²) < 4.78 is 26.1. The molecule has 14 heavy (non-hydrogen) atoms. The minimum absolute atomic E-state index is 0.0613. The Bertz CT molecular complexity index is 314. The molecule has 0 spiro atoms. The van der Waals surface area contributed by atoms with Gasteiger partial charge in [0.1, 0.15) is 17.3 Å². The number of nitrogens with one attached hydrogen (secondary N) is 1. The Kier molecular flexibility index (Phi) is 3.63. The molecule has 1 nitrogen and oxygen atoms in total. The molecule has 1 rings (SSSR count). The van der Waals surface area contributed by atoms with E-state index in [2.05, 4.69) is 11.9 Å². The van der Waals surface area contributed by atoms with Crippen LogP contribution in [-0.2, 0) is 0 Å². The fourth-order valence-corrected chi connectivity index (χ4v) is 1.07. The quantitative estimate of drug-likeness (QED) is 0.730. The van der Waals surface area contributed by atoms with E-state index >= 15 is 0 Å². The van der Waals surface area contributed by atoms with E-state index in [4.69, 9.17) is 0 Å². The Morgan fingerprint density at radius 3 is 2.43 bits per heavy atom. The zero-order chi connectivity index (χ0) is 10.6. The predicted molar refractivity (Wildman–Crippen MR) is 54.3 cm³/mol. The summed E-state index contributed by atoms with van der Waals surface area (Å²) in [5, 5.41) is 2.70. The number of halogens is 2. The number of rotatable bonds is 4. The number of hydrogen-bond acceptors (Lipinski definition) is 1. The van der Waals surface area contributed by atoms with Crippen molar-refractivity contribution in [3.63, 3.8) is 0 Å². The van der Waals surface area contributed by atoms with Crippen LogP contribution in [0.25, 0.3) is 0 Å². The maximum Gasteiger partial charge on any atom is 0.149 e. The van der Waals surface area contributed by atoms with Crippen LogP contribution in [0.2, 0.25) is 0 Å². The molecule has 0 heterocycles. The van der Waals surface area contributed by atoms with Gasteiger partial charge in [0.25, 0.3) is 0 Å². The van der Waals surface area contributed by atoms with Gasteiger partial charge in [0, 0.05) is 6.54 Å². The van der Waals surface area contributed by atoms with Crippen molar-refractivity contribution >= 4 is 5.69 Å². The highest BCUT2D eigenvalue weighted by molar-refractivity contribution is 5.45. The average Bonchev–Trinajstić information content (AvgIpc) is 2.09. The topological polar surface area (TPSA) is 12.0 Å². The molecule has 3 heteroatoms. The van der Waals surface area contributed by atoms with Crippen LogP contribution in [0.4, 0.5) is 14.5 Å². The Labute approximate surface area is 82.4 Å². The van der Waals surface area contributed by atoms with Crippen molar-refractivity contribution in [1.82, 2.24) is 0 Å². The normalized spacial score (nSPS) is 9.93. The first-order valence-electron chi connectivity index (χ1n) is 4.43. The van der Waals surface area contributed by atoms with Crippen LogP contribution in [0.15, 0.2) is 30.4 Å². The maximum atomic E-state index is 13.0. The molecule has 0 bridgehead atoms. The summed E-state index contributed by atoms with van der Waals surface area (Å²) in [5.41, 5.74) is 0.919. The fourth-order valence-electron chi connectivity index (χ4n) is 1.07. The lowest BCUT2D eigenvalue weighted by Crippen LogP contribution is -2.05. The molecular formula is C11H13F2N. The average molecular weight is 197 g/mol. The minimum Gasteiger partial charge on any atom is -0.380 e. The molecule has 0 saturated carbocycles. The van der Waals surface area contributed by atoms with Gasteiger partial charge < -0.3 is 5.32 Å². The highest BCUT2D eigenvalue weighted by Gasteiger charge is 2.06. The second kappa shape index (κ2) is 4.74. The van der Waals surface area contributed by atoms with E-state index in [0.29, 0.717) is 13.0 Å². The molecule has 0 radical (unpaired) electrons. The number of para-hydroxylation sites is 1. The monoisotopic (exact) mass is 197 g/mol. The van der Waals surface area contributed by atoms with Gasteiger partial charge in [-0.05, 0) is 25.5 Å². The van der Waals surface area contributed by atoms with Gasteiger partial charge in [-0.15, -0.1) is 6.58 Å². The van der Waals surface area contributed by atoms with Crippen LogP contribution >= 0.6 is 0 Å². The lowest BCUT2D eigenvalue weighted by atomic mass is 10.2. The van der Waals surface area contributed by atoms with Crippen LogP contribution in [-0.4, -0.2) is 6.54 Å². The van der Waals surface area contributed by atoms with Crippen molar-refractivity contribution in [2.45, 2.75) is 13.3 Å². The van der Waals surface area contributed by atoms with E-state index in [0.717, 1.165) is 5.57 Å². The first-order valence-corrected chi connectivity index (χ1v) is 4.43. The third kappa shape index (κ3) is 2.83. The van der Waals surface area contributed by atoms with Gasteiger partial charge in [-0.25, -0.2) is 8.78 Å². The molecule has 1 aromatic carbocycles. The van der Waals surface area contributed by atoms with Crippen LogP contribution in [0.3, 0.4) is 0 Å². The van der Waals surface area contributed by atoms with Crippen molar-refractivity contribution in [2.24, 2.45) is 0 Å². The highest BCUT2D eigenvalue weighted by atomic mass is 19.1. The molecule has 0 saturated heterocycles. The maximum absolute atomic E-state index is 13.0. The van der Waals surface area contributed by atoms with Gasteiger partial charge >= 0.3 is 0 Å². The molecule has 0 aromatic heterocycles. The fraction of sp³-hybridized carbons (Fsp3) is 0.273. The van der Waals surface area contributed by atoms with Gasteiger partial charge in [-0.1, -0.05) is 11.6 Å². The second-order valence-corrected chi connectivity index (χ2v) is 3.23. The summed E-state index contributed by atoms with van der Waals surface area (Å²) >= 11 is 0. The highest BCUT2D eigenvalue weighted by Crippen LogP contribution is 2.17. The minimum atomic E-state index is -0.563. The smallest absolute Gasteiger partial charge is 0.149 e. The zero-order valence-corrected chi connectivity index (χ0v) is 8.11. The Morgan fingerprint density at radius 2 is 1.93 bits per heavy atom. The Morgan fingerprint density at radius 1 is 1.36 bits per heavy atom. The summed E-state index contributed by atoms with van der Waals surface area (Å²) in [5.74, 6) is -1.13. The van der Waals surface area contributed by atoms with E-state index in [9.17, 15) is 8.78 Å². The molecule has 1 N–H and O–H groups in total. The molecule has 0 aliphatic rings. The molecule has 0 amide bonds. The van der Waals surface area contributed by atoms with E-state index in [1.807, 2.05) is 6.92 Å². The Balaban J connectivity index is 2.62. The molecule has 0 atom stereocenters. The van der Waals surface area contributed by atoms with Crippen molar-refractivity contribution in [3.8, 4) is 0 Å². The van der Waals surface area contributed by atoms with Gasteiger partial charge in [0.2, 0.25) is 0 Å². The standard InChI is InChI=1S/C11H13F2N/c1-8(2)6-7-14-11-9(12)4-3-5-10(11)13/h3-5,14H,1,6-7H2,2H3. The lowest BCUT2D eigenvalue weighted by Gasteiger charge is -2.07.